The summed E-state index contributed by atoms with van der Waals surface area (Å²) in [6, 6.07) is 8.20. The Balaban J connectivity index is 2.31. The summed E-state index contributed by atoms with van der Waals surface area (Å²) in [6.45, 7) is -0.0514. The zero-order chi connectivity index (χ0) is 14.4. The number of hydrogen-bond donors (Lipinski definition) is 1. The quantitative estimate of drug-likeness (QED) is 0.878. The molecule has 2 rings (SSSR count). The Hall–Kier alpha value is -2.24. The fourth-order valence-electron chi connectivity index (χ4n) is 1.69. The van der Waals surface area contributed by atoms with Crippen LogP contribution in [0.1, 0.15) is 13.3 Å². The van der Waals surface area contributed by atoms with E-state index in [1.54, 1.807) is 30.5 Å². The van der Waals surface area contributed by atoms with Crippen LogP contribution in [0.25, 0.3) is 11.4 Å². The second kappa shape index (κ2) is 6.79. The number of alkyl halides is 2. The standard InChI is InChI=1S/C14H15F2N3O/c1-2-8-17-12-7-9-18-13(19-12)10-5-3-4-6-11(10)20-14(15)16/h3-7,9,14H,2,8H2,1H3,(H,17,18,19). The van der Waals surface area contributed by atoms with E-state index in [4.69, 9.17) is 0 Å². The van der Waals surface area contributed by atoms with Gasteiger partial charge in [0.15, 0.2) is 5.82 Å². The van der Waals surface area contributed by atoms with E-state index in [9.17, 15) is 8.78 Å². The lowest BCUT2D eigenvalue weighted by Crippen LogP contribution is -2.05. The predicted octanol–water partition coefficient (Wildman–Crippen LogP) is 3.57. The summed E-state index contributed by atoms with van der Waals surface area (Å²) in [5, 5.41) is 3.12. The smallest absolute Gasteiger partial charge is 0.387 e. The van der Waals surface area contributed by atoms with Gasteiger partial charge in [-0.2, -0.15) is 8.78 Å². The molecule has 1 aromatic heterocycles. The summed E-state index contributed by atoms with van der Waals surface area (Å²) in [5.74, 6) is 1.07. The Morgan fingerprint density at radius 1 is 1.25 bits per heavy atom. The van der Waals surface area contributed by atoms with Crippen molar-refractivity contribution < 1.29 is 13.5 Å². The van der Waals surface area contributed by atoms with Gasteiger partial charge in [0.05, 0.1) is 5.56 Å². The molecule has 0 amide bonds. The molecule has 1 heterocycles. The van der Waals surface area contributed by atoms with Gasteiger partial charge in [0.2, 0.25) is 0 Å². The molecule has 0 aliphatic heterocycles. The third-order valence-corrected chi connectivity index (χ3v) is 2.56. The van der Waals surface area contributed by atoms with Crippen molar-refractivity contribution in [3.05, 3.63) is 36.5 Å². The number of ether oxygens (including phenoxy) is 1. The first kappa shape index (κ1) is 14.2. The number of rotatable bonds is 6. The maximum atomic E-state index is 12.4. The van der Waals surface area contributed by atoms with Crippen molar-refractivity contribution >= 4 is 5.82 Å². The number of nitrogens with zero attached hydrogens (tertiary/aromatic N) is 2. The Morgan fingerprint density at radius 2 is 2.05 bits per heavy atom. The first-order valence-electron chi connectivity index (χ1n) is 6.32. The van der Waals surface area contributed by atoms with E-state index in [2.05, 4.69) is 20.0 Å². The topological polar surface area (TPSA) is 47.0 Å². The minimum absolute atomic E-state index is 0.0649. The van der Waals surface area contributed by atoms with Crippen LogP contribution in [0.3, 0.4) is 0 Å². The second-order valence-corrected chi connectivity index (χ2v) is 4.07. The molecule has 0 aliphatic rings. The molecule has 1 aromatic carbocycles. The van der Waals surface area contributed by atoms with Crippen LogP contribution in [0.2, 0.25) is 0 Å². The molecule has 0 aliphatic carbocycles. The lowest BCUT2D eigenvalue weighted by molar-refractivity contribution is -0.0494. The summed E-state index contributed by atoms with van der Waals surface area (Å²) in [4.78, 5) is 8.41. The number of nitrogens with one attached hydrogen (secondary N) is 1. The van der Waals surface area contributed by atoms with E-state index >= 15 is 0 Å². The lowest BCUT2D eigenvalue weighted by atomic mass is 10.2. The number of para-hydroxylation sites is 1. The van der Waals surface area contributed by atoms with Gasteiger partial charge >= 0.3 is 6.61 Å². The first-order chi connectivity index (χ1) is 9.70. The van der Waals surface area contributed by atoms with Crippen LogP contribution in [-0.2, 0) is 0 Å². The van der Waals surface area contributed by atoms with Crippen molar-refractivity contribution in [1.29, 1.82) is 0 Å². The lowest BCUT2D eigenvalue weighted by Gasteiger charge is -2.10. The number of halogens is 2. The van der Waals surface area contributed by atoms with Gasteiger partial charge < -0.3 is 10.1 Å². The van der Waals surface area contributed by atoms with E-state index in [1.807, 2.05) is 6.92 Å². The number of hydrogen-bond acceptors (Lipinski definition) is 4. The van der Waals surface area contributed by atoms with Crippen molar-refractivity contribution in [3.8, 4) is 17.1 Å². The van der Waals surface area contributed by atoms with Crippen LogP contribution in [0.4, 0.5) is 14.6 Å². The highest BCUT2D eigenvalue weighted by Crippen LogP contribution is 2.28. The third-order valence-electron chi connectivity index (χ3n) is 2.56. The van der Waals surface area contributed by atoms with Crippen LogP contribution in [0, 0.1) is 0 Å². The summed E-state index contributed by atoms with van der Waals surface area (Å²) >= 11 is 0. The average Bonchev–Trinajstić information content (AvgIpc) is 2.45. The van der Waals surface area contributed by atoms with Crippen LogP contribution in [0.15, 0.2) is 36.5 Å². The summed E-state index contributed by atoms with van der Waals surface area (Å²) < 4.78 is 29.3. The minimum atomic E-state index is -2.88. The molecular formula is C14H15F2N3O. The molecule has 4 nitrogen and oxygen atoms in total. The molecule has 0 unspecified atom stereocenters. The van der Waals surface area contributed by atoms with Crippen LogP contribution in [0.5, 0.6) is 5.75 Å². The number of anilines is 1. The molecule has 20 heavy (non-hydrogen) atoms. The van der Waals surface area contributed by atoms with Crippen LogP contribution < -0.4 is 10.1 Å². The maximum Gasteiger partial charge on any atom is 0.387 e. The molecule has 0 bridgehead atoms. The molecule has 106 valence electrons. The number of benzene rings is 1. The molecule has 1 N–H and O–H groups in total. The van der Waals surface area contributed by atoms with Gasteiger partial charge in [0.1, 0.15) is 11.6 Å². The molecule has 0 saturated heterocycles. The fraction of sp³-hybridized carbons (Fsp3) is 0.286. The van der Waals surface area contributed by atoms with Gasteiger partial charge in [-0.25, -0.2) is 9.97 Å². The van der Waals surface area contributed by atoms with Crippen molar-refractivity contribution in [2.45, 2.75) is 20.0 Å². The van der Waals surface area contributed by atoms with E-state index < -0.39 is 6.61 Å². The van der Waals surface area contributed by atoms with E-state index in [1.165, 1.54) is 6.07 Å². The van der Waals surface area contributed by atoms with E-state index in [0.717, 1.165) is 13.0 Å². The average molecular weight is 279 g/mol. The molecule has 0 fully saturated rings. The molecule has 0 radical (unpaired) electrons. The molecule has 0 spiro atoms. The predicted molar refractivity (Wildman–Crippen MR) is 72.9 cm³/mol. The van der Waals surface area contributed by atoms with Crippen LogP contribution >= 0.6 is 0 Å². The van der Waals surface area contributed by atoms with Crippen molar-refractivity contribution in [1.82, 2.24) is 9.97 Å². The van der Waals surface area contributed by atoms with Crippen molar-refractivity contribution in [2.75, 3.05) is 11.9 Å². The molecule has 0 atom stereocenters. The first-order valence-corrected chi connectivity index (χ1v) is 6.32. The Morgan fingerprint density at radius 3 is 2.80 bits per heavy atom. The zero-order valence-corrected chi connectivity index (χ0v) is 11.0. The van der Waals surface area contributed by atoms with Crippen molar-refractivity contribution in [3.63, 3.8) is 0 Å². The molecule has 2 aromatic rings. The van der Waals surface area contributed by atoms with Gasteiger partial charge in [-0.05, 0) is 24.6 Å². The van der Waals surface area contributed by atoms with Gasteiger partial charge in [-0.1, -0.05) is 19.1 Å². The summed E-state index contributed by atoms with van der Waals surface area (Å²) in [7, 11) is 0. The van der Waals surface area contributed by atoms with E-state index in [0.29, 0.717) is 17.2 Å². The van der Waals surface area contributed by atoms with E-state index in [-0.39, 0.29) is 5.75 Å². The normalized spacial score (nSPS) is 10.6. The monoisotopic (exact) mass is 279 g/mol. The van der Waals surface area contributed by atoms with Crippen molar-refractivity contribution in [2.24, 2.45) is 0 Å². The van der Waals surface area contributed by atoms with Gasteiger partial charge in [0.25, 0.3) is 0 Å². The largest absolute Gasteiger partial charge is 0.434 e. The minimum Gasteiger partial charge on any atom is -0.434 e. The fourth-order valence-corrected chi connectivity index (χ4v) is 1.69. The third kappa shape index (κ3) is 3.63. The summed E-state index contributed by atoms with van der Waals surface area (Å²) in [6.07, 6.45) is 2.55. The Kier molecular flexibility index (Phi) is 4.81. The SMILES string of the molecule is CCCNc1ccnc(-c2ccccc2OC(F)F)n1. The zero-order valence-electron chi connectivity index (χ0n) is 11.0. The molecular weight excluding hydrogens is 264 g/mol. The maximum absolute atomic E-state index is 12.4. The highest BCUT2D eigenvalue weighted by atomic mass is 19.3. The van der Waals surface area contributed by atoms with Gasteiger partial charge in [-0.15, -0.1) is 0 Å². The molecule has 6 heteroatoms. The Bertz CT molecular complexity index is 564. The van der Waals surface area contributed by atoms with Gasteiger partial charge in [0, 0.05) is 12.7 Å². The van der Waals surface area contributed by atoms with Gasteiger partial charge in [-0.3, -0.25) is 0 Å². The number of aromatic nitrogens is 2. The highest BCUT2D eigenvalue weighted by molar-refractivity contribution is 5.65. The summed E-state index contributed by atoms with van der Waals surface area (Å²) in [5.41, 5.74) is 0.438. The highest BCUT2D eigenvalue weighted by Gasteiger charge is 2.12. The second-order valence-electron chi connectivity index (χ2n) is 4.07. The Labute approximate surface area is 115 Å². The molecule has 0 saturated carbocycles. The van der Waals surface area contributed by atoms with Crippen LogP contribution in [-0.4, -0.2) is 23.1 Å².